The summed E-state index contributed by atoms with van der Waals surface area (Å²) in [5, 5.41) is 2.17. The maximum absolute atomic E-state index is 13.0. The van der Waals surface area contributed by atoms with Crippen molar-refractivity contribution in [3.8, 4) is 5.69 Å². The van der Waals surface area contributed by atoms with Crippen LogP contribution in [0.25, 0.3) is 16.7 Å². The molecule has 0 radical (unpaired) electrons. The van der Waals surface area contributed by atoms with Crippen molar-refractivity contribution in [3.05, 3.63) is 58.8 Å². The number of carbonyl (C=O) groups excluding carboxylic acids is 1. The van der Waals surface area contributed by atoms with Crippen molar-refractivity contribution < 1.29 is 4.79 Å². The highest BCUT2D eigenvalue weighted by molar-refractivity contribution is 9.10. The number of hydrazine groups is 1. The van der Waals surface area contributed by atoms with Crippen molar-refractivity contribution in [2.24, 2.45) is 5.92 Å². The molecule has 7 nitrogen and oxygen atoms in total. The zero-order valence-electron chi connectivity index (χ0n) is 19.1. The molecule has 3 aromatic rings. The van der Waals surface area contributed by atoms with Gasteiger partial charge in [0.2, 0.25) is 5.91 Å². The number of amides is 1. The molecule has 2 aliphatic heterocycles. The zero-order chi connectivity index (χ0) is 22.8. The molecule has 2 aliphatic rings. The van der Waals surface area contributed by atoms with Crippen molar-refractivity contribution >= 4 is 32.9 Å². The molecule has 0 unspecified atom stereocenters. The number of carbonyl (C=O) groups is 1. The predicted octanol–water partition coefficient (Wildman–Crippen LogP) is 3.28. The van der Waals surface area contributed by atoms with Crippen LogP contribution in [0.5, 0.6) is 0 Å². The van der Waals surface area contributed by atoms with E-state index in [0.29, 0.717) is 5.91 Å². The molecule has 0 saturated carbocycles. The quantitative estimate of drug-likeness (QED) is 0.570. The van der Waals surface area contributed by atoms with Gasteiger partial charge in [-0.2, -0.15) is 0 Å². The van der Waals surface area contributed by atoms with Crippen LogP contribution in [0.15, 0.2) is 53.0 Å². The third kappa shape index (κ3) is 4.84. The molecule has 5 rings (SSSR count). The van der Waals surface area contributed by atoms with Crippen LogP contribution in [-0.4, -0.2) is 76.6 Å². The van der Waals surface area contributed by atoms with Crippen LogP contribution in [0, 0.1) is 5.92 Å². The van der Waals surface area contributed by atoms with Gasteiger partial charge in [0.15, 0.2) is 0 Å². The highest BCUT2D eigenvalue weighted by Gasteiger charge is 2.30. The van der Waals surface area contributed by atoms with E-state index in [9.17, 15) is 4.79 Å². The predicted molar refractivity (Wildman–Crippen MR) is 134 cm³/mol. The number of aromatic nitrogens is 2. The third-order valence-corrected chi connectivity index (χ3v) is 7.40. The van der Waals surface area contributed by atoms with E-state index in [-0.39, 0.29) is 5.92 Å². The number of para-hydroxylation sites is 2. The maximum atomic E-state index is 13.0. The van der Waals surface area contributed by atoms with Crippen LogP contribution < -0.4 is 5.43 Å². The Morgan fingerprint density at radius 1 is 1.03 bits per heavy atom. The molecule has 0 atom stereocenters. The zero-order valence-corrected chi connectivity index (χ0v) is 20.7. The lowest BCUT2D eigenvalue weighted by Gasteiger charge is -2.38. The van der Waals surface area contributed by atoms with E-state index >= 15 is 0 Å². The summed E-state index contributed by atoms with van der Waals surface area (Å²) >= 11 is 3.61. The van der Waals surface area contributed by atoms with Gasteiger partial charge in [-0.3, -0.25) is 19.7 Å². The Balaban J connectivity index is 1.27. The van der Waals surface area contributed by atoms with Crippen LogP contribution >= 0.6 is 15.9 Å². The van der Waals surface area contributed by atoms with Gasteiger partial charge in [-0.15, -0.1) is 0 Å². The van der Waals surface area contributed by atoms with Gasteiger partial charge >= 0.3 is 0 Å². The second-order valence-corrected chi connectivity index (χ2v) is 9.83. The number of piperazine rings is 1. The van der Waals surface area contributed by atoms with E-state index in [0.717, 1.165) is 85.7 Å². The van der Waals surface area contributed by atoms with Crippen LogP contribution in [0.2, 0.25) is 0 Å². The Hall–Kier alpha value is -2.26. The fourth-order valence-electron chi connectivity index (χ4n) is 5.03. The summed E-state index contributed by atoms with van der Waals surface area (Å²) in [6.07, 6.45) is 1.84. The number of hydrogen-bond acceptors (Lipinski definition) is 5. The number of rotatable bonds is 5. The first-order chi connectivity index (χ1) is 16.1. The van der Waals surface area contributed by atoms with Gasteiger partial charge in [0.1, 0.15) is 5.82 Å². The Morgan fingerprint density at radius 3 is 2.52 bits per heavy atom. The number of halogens is 1. The van der Waals surface area contributed by atoms with Crippen LogP contribution in [-0.2, 0) is 11.3 Å². The topological polar surface area (TPSA) is 56.6 Å². The molecule has 0 aliphatic carbocycles. The fourth-order valence-corrected chi connectivity index (χ4v) is 5.42. The van der Waals surface area contributed by atoms with Gasteiger partial charge < -0.3 is 4.90 Å². The van der Waals surface area contributed by atoms with E-state index in [1.807, 2.05) is 19.2 Å². The van der Waals surface area contributed by atoms with Crippen molar-refractivity contribution in [1.29, 1.82) is 0 Å². The van der Waals surface area contributed by atoms with Gasteiger partial charge in [-0.1, -0.05) is 34.1 Å². The van der Waals surface area contributed by atoms with E-state index in [4.69, 9.17) is 4.98 Å². The lowest BCUT2D eigenvalue weighted by atomic mass is 9.95. The number of benzene rings is 2. The molecule has 0 spiro atoms. The standard InChI is InChI=1S/C25H31BrN6O/c1-27-31-15-13-30(14-16-31)25(33)19-9-11-29(12-10-19)18-24-28-22-7-2-3-8-23(22)32(24)21-6-4-5-20(26)17-21/h2-8,17,19,27H,9-16,18H2,1H3. The number of hydrogen-bond donors (Lipinski definition) is 1. The summed E-state index contributed by atoms with van der Waals surface area (Å²) in [4.78, 5) is 22.5. The lowest BCUT2D eigenvalue weighted by Crippen LogP contribution is -2.54. The van der Waals surface area contributed by atoms with Crippen molar-refractivity contribution in [2.75, 3.05) is 46.3 Å². The Kier molecular flexibility index (Phi) is 6.78. The number of likely N-dealkylation sites (tertiary alicyclic amines) is 1. The minimum atomic E-state index is 0.145. The van der Waals surface area contributed by atoms with Crippen molar-refractivity contribution in [1.82, 2.24) is 29.8 Å². The summed E-state index contributed by atoms with van der Waals surface area (Å²) in [5.41, 5.74) is 6.42. The summed E-state index contributed by atoms with van der Waals surface area (Å²) in [6.45, 7) is 6.05. The Labute approximate surface area is 203 Å². The normalized spacial score (nSPS) is 18.8. The molecule has 2 aromatic carbocycles. The van der Waals surface area contributed by atoms with Gasteiger partial charge in [-0.25, -0.2) is 9.99 Å². The first kappa shape index (κ1) is 22.5. The minimum Gasteiger partial charge on any atom is -0.340 e. The fraction of sp³-hybridized carbons (Fsp3) is 0.440. The summed E-state index contributed by atoms with van der Waals surface area (Å²) in [7, 11) is 1.94. The molecule has 8 heteroatoms. The summed E-state index contributed by atoms with van der Waals surface area (Å²) in [6, 6.07) is 16.7. The van der Waals surface area contributed by atoms with Crippen molar-refractivity contribution in [3.63, 3.8) is 0 Å². The number of fused-ring (bicyclic) bond motifs is 1. The Morgan fingerprint density at radius 2 is 1.79 bits per heavy atom. The van der Waals surface area contributed by atoms with Gasteiger partial charge in [0.25, 0.3) is 0 Å². The summed E-state index contributed by atoms with van der Waals surface area (Å²) < 4.78 is 3.32. The second kappa shape index (κ2) is 9.93. The van der Waals surface area contributed by atoms with E-state index in [2.05, 4.69) is 77.1 Å². The molecule has 0 bridgehead atoms. The SMILES string of the molecule is CNN1CCN(C(=O)C2CCN(Cc3nc4ccccc4n3-c3cccc(Br)c3)CC2)CC1. The van der Waals surface area contributed by atoms with E-state index in [1.54, 1.807) is 0 Å². The first-order valence-corrected chi connectivity index (χ1v) is 12.6. The monoisotopic (exact) mass is 510 g/mol. The average molecular weight is 511 g/mol. The van der Waals surface area contributed by atoms with Crippen LogP contribution in [0.1, 0.15) is 18.7 Å². The second-order valence-electron chi connectivity index (χ2n) is 8.92. The highest BCUT2D eigenvalue weighted by atomic mass is 79.9. The molecule has 1 N–H and O–H groups in total. The molecular formula is C25H31BrN6O. The molecule has 1 aromatic heterocycles. The maximum Gasteiger partial charge on any atom is 0.225 e. The lowest BCUT2D eigenvalue weighted by molar-refractivity contribution is -0.139. The van der Waals surface area contributed by atoms with E-state index < -0.39 is 0 Å². The first-order valence-electron chi connectivity index (χ1n) is 11.8. The molecule has 2 saturated heterocycles. The van der Waals surface area contributed by atoms with Gasteiger partial charge in [-0.05, 0) is 63.3 Å². The molecular weight excluding hydrogens is 480 g/mol. The largest absolute Gasteiger partial charge is 0.340 e. The third-order valence-electron chi connectivity index (χ3n) is 6.91. The van der Waals surface area contributed by atoms with Gasteiger partial charge in [0, 0.05) is 42.3 Å². The minimum absolute atomic E-state index is 0.145. The highest BCUT2D eigenvalue weighted by Crippen LogP contribution is 2.26. The molecule has 3 heterocycles. The van der Waals surface area contributed by atoms with Crippen molar-refractivity contribution in [2.45, 2.75) is 19.4 Å². The number of nitrogens with zero attached hydrogens (tertiary/aromatic N) is 5. The molecule has 2 fully saturated rings. The van der Waals surface area contributed by atoms with Crippen LogP contribution in [0.4, 0.5) is 0 Å². The molecule has 1 amide bonds. The van der Waals surface area contributed by atoms with E-state index in [1.165, 1.54) is 0 Å². The number of imidazole rings is 1. The van der Waals surface area contributed by atoms with Crippen LogP contribution in [0.3, 0.4) is 0 Å². The number of piperidine rings is 1. The summed E-state index contributed by atoms with van der Waals surface area (Å²) in [5.74, 6) is 1.53. The Bertz CT molecular complexity index is 1120. The number of nitrogens with one attached hydrogen (secondary N) is 1. The van der Waals surface area contributed by atoms with Gasteiger partial charge in [0.05, 0.1) is 17.6 Å². The molecule has 33 heavy (non-hydrogen) atoms. The average Bonchev–Trinajstić information content (AvgIpc) is 3.22. The smallest absolute Gasteiger partial charge is 0.225 e. The molecule has 174 valence electrons.